The van der Waals surface area contributed by atoms with E-state index < -0.39 is 0 Å². The minimum Gasteiger partial charge on any atom is -0.371 e. The molecule has 0 N–H and O–H groups in total. The summed E-state index contributed by atoms with van der Waals surface area (Å²) < 4.78 is 0. The Kier molecular flexibility index (Phi) is 4.40. The Labute approximate surface area is 110 Å². The van der Waals surface area contributed by atoms with Gasteiger partial charge in [-0.1, -0.05) is 13.8 Å². The van der Waals surface area contributed by atoms with Crippen LogP contribution in [-0.2, 0) is 0 Å². The van der Waals surface area contributed by atoms with Crippen molar-refractivity contribution in [3.8, 4) is 0 Å². The van der Waals surface area contributed by atoms with E-state index in [9.17, 15) is 4.79 Å². The Hall–Kier alpha value is -1.31. The van der Waals surface area contributed by atoms with Gasteiger partial charge >= 0.3 is 0 Å². The molecule has 1 saturated heterocycles. The predicted octanol–water partition coefficient (Wildman–Crippen LogP) is 4.00. The maximum Gasteiger partial charge on any atom is 0.150 e. The van der Waals surface area contributed by atoms with Crippen molar-refractivity contribution < 1.29 is 4.79 Å². The molecule has 1 aliphatic heterocycles. The van der Waals surface area contributed by atoms with E-state index in [0.717, 1.165) is 31.4 Å². The normalized spacial score (nSPS) is 17.6. The van der Waals surface area contributed by atoms with Crippen LogP contribution in [0.25, 0.3) is 0 Å². The molecular weight excluding hydrogens is 222 g/mol. The van der Waals surface area contributed by atoms with E-state index in [4.69, 9.17) is 0 Å². The fraction of sp³-hybridized carbons (Fsp3) is 0.562. The van der Waals surface area contributed by atoms with Crippen molar-refractivity contribution in [3.05, 3.63) is 29.3 Å². The number of piperidine rings is 1. The Bertz CT molecular complexity index is 408. The summed E-state index contributed by atoms with van der Waals surface area (Å²) in [4.78, 5) is 13.4. The average Bonchev–Trinajstić information content (AvgIpc) is 2.46. The third-order valence-electron chi connectivity index (χ3n) is 4.03. The van der Waals surface area contributed by atoms with Gasteiger partial charge in [0.1, 0.15) is 6.29 Å². The van der Waals surface area contributed by atoms with Crippen LogP contribution in [-0.4, -0.2) is 19.4 Å². The van der Waals surface area contributed by atoms with Crippen molar-refractivity contribution in [2.75, 3.05) is 18.0 Å². The summed E-state index contributed by atoms with van der Waals surface area (Å²) in [5.41, 5.74) is 3.48. The molecule has 1 aromatic rings. The topological polar surface area (TPSA) is 20.3 Å². The standard InChI is InChI=1S/C16H23NO/c1-3-13(2)15-11-14(12-18)7-8-16(15)17-9-5-4-6-10-17/h7-8,11-13H,3-6,9-10H2,1-2H3/t13-/m1/s1. The number of anilines is 1. The molecule has 1 aliphatic rings. The summed E-state index contributed by atoms with van der Waals surface area (Å²) in [6, 6.07) is 6.16. The Balaban J connectivity index is 2.34. The summed E-state index contributed by atoms with van der Waals surface area (Å²) in [5.74, 6) is 0.516. The van der Waals surface area contributed by atoms with Crippen LogP contribution in [0.15, 0.2) is 18.2 Å². The van der Waals surface area contributed by atoms with Crippen molar-refractivity contribution in [2.45, 2.75) is 45.4 Å². The zero-order chi connectivity index (χ0) is 13.0. The van der Waals surface area contributed by atoms with E-state index in [1.165, 1.54) is 30.5 Å². The molecule has 18 heavy (non-hydrogen) atoms. The van der Waals surface area contributed by atoms with Crippen molar-refractivity contribution in [1.29, 1.82) is 0 Å². The summed E-state index contributed by atoms with van der Waals surface area (Å²) >= 11 is 0. The molecule has 0 spiro atoms. The van der Waals surface area contributed by atoms with Gasteiger partial charge < -0.3 is 4.90 Å². The van der Waals surface area contributed by atoms with Gasteiger partial charge in [0, 0.05) is 24.3 Å². The average molecular weight is 245 g/mol. The van der Waals surface area contributed by atoms with Crippen LogP contribution in [0.2, 0.25) is 0 Å². The Morgan fingerprint density at radius 2 is 2.00 bits per heavy atom. The highest BCUT2D eigenvalue weighted by Crippen LogP contribution is 2.32. The lowest BCUT2D eigenvalue weighted by atomic mass is 9.94. The van der Waals surface area contributed by atoms with Gasteiger partial charge in [0.2, 0.25) is 0 Å². The smallest absolute Gasteiger partial charge is 0.150 e. The first kappa shape index (κ1) is 13.1. The van der Waals surface area contributed by atoms with Crippen LogP contribution >= 0.6 is 0 Å². The van der Waals surface area contributed by atoms with E-state index in [-0.39, 0.29) is 0 Å². The molecule has 0 bridgehead atoms. The van der Waals surface area contributed by atoms with Crippen molar-refractivity contribution in [2.24, 2.45) is 0 Å². The molecule has 0 saturated carbocycles. The molecule has 0 unspecified atom stereocenters. The van der Waals surface area contributed by atoms with E-state index in [1.54, 1.807) is 0 Å². The summed E-state index contributed by atoms with van der Waals surface area (Å²) in [6.45, 7) is 6.77. The van der Waals surface area contributed by atoms with Crippen molar-refractivity contribution in [3.63, 3.8) is 0 Å². The van der Waals surface area contributed by atoms with Crippen LogP contribution in [0, 0.1) is 0 Å². The van der Waals surface area contributed by atoms with Gasteiger partial charge in [0.15, 0.2) is 0 Å². The maximum absolute atomic E-state index is 10.9. The number of carbonyl (C=O) groups excluding carboxylic acids is 1. The van der Waals surface area contributed by atoms with Crippen LogP contribution in [0.4, 0.5) is 5.69 Å². The molecule has 0 aromatic heterocycles. The third kappa shape index (κ3) is 2.74. The molecule has 2 heteroatoms. The molecule has 1 fully saturated rings. The molecule has 0 aliphatic carbocycles. The van der Waals surface area contributed by atoms with Gasteiger partial charge in [-0.05, 0) is 55.4 Å². The lowest BCUT2D eigenvalue weighted by molar-refractivity contribution is 0.112. The van der Waals surface area contributed by atoms with Crippen LogP contribution in [0.5, 0.6) is 0 Å². The minimum absolute atomic E-state index is 0.516. The highest BCUT2D eigenvalue weighted by molar-refractivity contribution is 5.77. The Morgan fingerprint density at radius 3 is 2.61 bits per heavy atom. The largest absolute Gasteiger partial charge is 0.371 e. The number of hydrogen-bond acceptors (Lipinski definition) is 2. The number of hydrogen-bond donors (Lipinski definition) is 0. The third-order valence-corrected chi connectivity index (χ3v) is 4.03. The minimum atomic E-state index is 0.516. The highest BCUT2D eigenvalue weighted by Gasteiger charge is 2.17. The van der Waals surface area contributed by atoms with Crippen LogP contribution in [0.3, 0.4) is 0 Å². The second kappa shape index (κ2) is 6.03. The van der Waals surface area contributed by atoms with Gasteiger partial charge in [-0.15, -0.1) is 0 Å². The zero-order valence-electron chi connectivity index (χ0n) is 11.5. The maximum atomic E-state index is 10.9. The summed E-state index contributed by atoms with van der Waals surface area (Å²) in [5, 5.41) is 0. The highest BCUT2D eigenvalue weighted by atomic mass is 16.1. The van der Waals surface area contributed by atoms with E-state index in [1.807, 2.05) is 6.07 Å². The number of benzene rings is 1. The molecule has 1 heterocycles. The van der Waals surface area contributed by atoms with E-state index >= 15 is 0 Å². The SMILES string of the molecule is CC[C@@H](C)c1cc(C=O)ccc1N1CCCCC1. The van der Waals surface area contributed by atoms with Crippen molar-refractivity contribution in [1.82, 2.24) is 0 Å². The first-order chi connectivity index (χ1) is 8.76. The van der Waals surface area contributed by atoms with Crippen LogP contribution in [0.1, 0.15) is 61.4 Å². The number of aldehydes is 1. The molecule has 98 valence electrons. The lowest BCUT2D eigenvalue weighted by Gasteiger charge is -2.32. The zero-order valence-corrected chi connectivity index (χ0v) is 11.5. The molecule has 0 amide bonds. The van der Waals surface area contributed by atoms with Gasteiger partial charge in [-0.2, -0.15) is 0 Å². The predicted molar refractivity (Wildman–Crippen MR) is 76.6 cm³/mol. The summed E-state index contributed by atoms with van der Waals surface area (Å²) in [7, 11) is 0. The van der Waals surface area contributed by atoms with Gasteiger partial charge in [0.05, 0.1) is 0 Å². The molecule has 1 atom stereocenters. The van der Waals surface area contributed by atoms with Gasteiger partial charge in [-0.3, -0.25) is 4.79 Å². The first-order valence-electron chi connectivity index (χ1n) is 7.10. The monoisotopic (exact) mass is 245 g/mol. The van der Waals surface area contributed by atoms with E-state index in [0.29, 0.717) is 5.92 Å². The molecule has 0 radical (unpaired) electrons. The fourth-order valence-electron chi connectivity index (χ4n) is 2.68. The van der Waals surface area contributed by atoms with Gasteiger partial charge in [0.25, 0.3) is 0 Å². The molecular formula is C16H23NO. The van der Waals surface area contributed by atoms with Gasteiger partial charge in [-0.25, -0.2) is 0 Å². The molecule has 2 nitrogen and oxygen atoms in total. The van der Waals surface area contributed by atoms with Crippen molar-refractivity contribution >= 4 is 12.0 Å². The lowest BCUT2D eigenvalue weighted by Crippen LogP contribution is -2.30. The number of carbonyl (C=O) groups is 1. The number of nitrogens with zero attached hydrogens (tertiary/aromatic N) is 1. The quantitative estimate of drug-likeness (QED) is 0.747. The summed E-state index contributed by atoms with van der Waals surface area (Å²) in [6.07, 6.45) is 5.99. The fourth-order valence-corrected chi connectivity index (χ4v) is 2.68. The van der Waals surface area contributed by atoms with Crippen LogP contribution < -0.4 is 4.90 Å². The molecule has 1 aromatic carbocycles. The number of rotatable bonds is 4. The first-order valence-corrected chi connectivity index (χ1v) is 7.10. The van der Waals surface area contributed by atoms with E-state index in [2.05, 4.69) is 30.9 Å². The molecule has 2 rings (SSSR count). The second-order valence-corrected chi connectivity index (χ2v) is 5.29. The second-order valence-electron chi connectivity index (χ2n) is 5.29. The Morgan fingerprint density at radius 1 is 1.28 bits per heavy atom.